The standard InChI is InChI=1S/C14H15Cl/c1-3-4-11-8-12-5-6-14(15)9-13(12)7-10(11)2/h5-9H,3-4H2,1-2H3. The monoisotopic (exact) mass is 218 g/mol. The quantitative estimate of drug-likeness (QED) is 0.682. The molecule has 0 atom stereocenters. The highest BCUT2D eigenvalue weighted by Crippen LogP contribution is 2.23. The molecule has 0 aliphatic carbocycles. The highest BCUT2D eigenvalue weighted by atomic mass is 35.5. The van der Waals surface area contributed by atoms with Crippen LogP contribution in [0.15, 0.2) is 30.3 Å². The molecule has 0 N–H and O–H groups in total. The summed E-state index contributed by atoms with van der Waals surface area (Å²) in [5.74, 6) is 0. The summed E-state index contributed by atoms with van der Waals surface area (Å²) in [6, 6.07) is 10.6. The van der Waals surface area contributed by atoms with Crippen molar-refractivity contribution in [3.8, 4) is 0 Å². The fourth-order valence-electron chi connectivity index (χ4n) is 1.97. The molecule has 0 nitrogen and oxygen atoms in total. The van der Waals surface area contributed by atoms with Crippen molar-refractivity contribution in [2.45, 2.75) is 26.7 Å². The van der Waals surface area contributed by atoms with E-state index in [1.807, 2.05) is 12.1 Å². The van der Waals surface area contributed by atoms with Crippen molar-refractivity contribution in [3.05, 3.63) is 46.5 Å². The van der Waals surface area contributed by atoms with E-state index in [1.165, 1.54) is 28.3 Å². The van der Waals surface area contributed by atoms with Gasteiger partial charge in [-0.25, -0.2) is 0 Å². The lowest BCUT2D eigenvalue weighted by atomic mass is 9.99. The summed E-state index contributed by atoms with van der Waals surface area (Å²) >= 11 is 5.97. The second-order valence-corrected chi connectivity index (χ2v) is 4.46. The van der Waals surface area contributed by atoms with E-state index < -0.39 is 0 Å². The molecule has 0 saturated heterocycles. The first-order valence-electron chi connectivity index (χ1n) is 5.39. The summed E-state index contributed by atoms with van der Waals surface area (Å²) in [4.78, 5) is 0. The Labute approximate surface area is 95.9 Å². The fourth-order valence-corrected chi connectivity index (χ4v) is 2.15. The Morgan fingerprint density at radius 2 is 1.87 bits per heavy atom. The van der Waals surface area contributed by atoms with Crippen molar-refractivity contribution < 1.29 is 0 Å². The molecule has 2 rings (SSSR count). The van der Waals surface area contributed by atoms with Gasteiger partial charge in [0.15, 0.2) is 0 Å². The van der Waals surface area contributed by atoms with Gasteiger partial charge >= 0.3 is 0 Å². The predicted molar refractivity (Wildman–Crippen MR) is 67.7 cm³/mol. The Kier molecular flexibility index (Phi) is 2.97. The van der Waals surface area contributed by atoms with Crippen LogP contribution in [-0.2, 0) is 6.42 Å². The van der Waals surface area contributed by atoms with Crippen molar-refractivity contribution in [2.75, 3.05) is 0 Å². The topological polar surface area (TPSA) is 0 Å². The fraction of sp³-hybridized carbons (Fsp3) is 0.286. The van der Waals surface area contributed by atoms with Gasteiger partial charge in [0.05, 0.1) is 0 Å². The van der Waals surface area contributed by atoms with E-state index in [0.717, 1.165) is 11.4 Å². The van der Waals surface area contributed by atoms with E-state index >= 15 is 0 Å². The van der Waals surface area contributed by atoms with Crippen LogP contribution < -0.4 is 0 Å². The Morgan fingerprint density at radius 3 is 2.60 bits per heavy atom. The van der Waals surface area contributed by atoms with Crippen molar-refractivity contribution in [1.29, 1.82) is 0 Å². The molecule has 0 fully saturated rings. The van der Waals surface area contributed by atoms with Gasteiger partial charge in [0.25, 0.3) is 0 Å². The number of hydrogen-bond donors (Lipinski definition) is 0. The molecule has 0 aliphatic heterocycles. The molecule has 0 aromatic heterocycles. The molecule has 78 valence electrons. The van der Waals surface area contributed by atoms with Gasteiger partial charge in [-0.15, -0.1) is 0 Å². The van der Waals surface area contributed by atoms with E-state index in [4.69, 9.17) is 11.6 Å². The normalized spacial score (nSPS) is 10.9. The molecule has 2 aromatic carbocycles. The Morgan fingerprint density at radius 1 is 1.07 bits per heavy atom. The smallest absolute Gasteiger partial charge is 0.0412 e. The van der Waals surface area contributed by atoms with Gasteiger partial charge in [-0.2, -0.15) is 0 Å². The summed E-state index contributed by atoms with van der Waals surface area (Å²) in [7, 11) is 0. The highest BCUT2D eigenvalue weighted by molar-refractivity contribution is 6.31. The third-order valence-corrected chi connectivity index (χ3v) is 3.01. The Hall–Kier alpha value is -1.01. The average Bonchev–Trinajstić information content (AvgIpc) is 2.20. The zero-order valence-electron chi connectivity index (χ0n) is 9.18. The lowest BCUT2D eigenvalue weighted by Gasteiger charge is -2.07. The molecule has 1 heteroatoms. The minimum absolute atomic E-state index is 0.810. The molecule has 2 aromatic rings. The van der Waals surface area contributed by atoms with Crippen molar-refractivity contribution in [1.82, 2.24) is 0 Å². The minimum atomic E-state index is 0.810. The molecule has 0 saturated carbocycles. The number of aryl methyl sites for hydroxylation is 2. The van der Waals surface area contributed by atoms with Crippen molar-refractivity contribution in [3.63, 3.8) is 0 Å². The zero-order valence-corrected chi connectivity index (χ0v) is 9.93. The number of benzene rings is 2. The SMILES string of the molecule is CCCc1cc2ccc(Cl)cc2cc1C. The van der Waals surface area contributed by atoms with Gasteiger partial charge in [0.2, 0.25) is 0 Å². The first-order valence-corrected chi connectivity index (χ1v) is 5.77. The molecule has 15 heavy (non-hydrogen) atoms. The van der Waals surface area contributed by atoms with Crippen LogP contribution in [0.4, 0.5) is 0 Å². The zero-order chi connectivity index (χ0) is 10.8. The molecule has 0 aliphatic rings. The van der Waals surface area contributed by atoms with Gasteiger partial charge in [-0.05, 0) is 47.4 Å². The first kappa shape index (κ1) is 10.5. The van der Waals surface area contributed by atoms with Crippen LogP contribution in [-0.4, -0.2) is 0 Å². The van der Waals surface area contributed by atoms with Gasteiger partial charge in [-0.3, -0.25) is 0 Å². The van der Waals surface area contributed by atoms with Crippen LogP contribution in [0.3, 0.4) is 0 Å². The molecular formula is C14H15Cl. The van der Waals surface area contributed by atoms with E-state index in [9.17, 15) is 0 Å². The van der Waals surface area contributed by atoms with Crippen LogP contribution in [0.1, 0.15) is 24.5 Å². The maximum Gasteiger partial charge on any atom is 0.0412 e. The van der Waals surface area contributed by atoms with Gasteiger partial charge in [0, 0.05) is 5.02 Å². The number of rotatable bonds is 2. The van der Waals surface area contributed by atoms with Crippen LogP contribution in [0.25, 0.3) is 10.8 Å². The van der Waals surface area contributed by atoms with Gasteiger partial charge in [-0.1, -0.05) is 43.1 Å². The van der Waals surface area contributed by atoms with Crippen LogP contribution in [0.5, 0.6) is 0 Å². The van der Waals surface area contributed by atoms with Crippen molar-refractivity contribution in [2.24, 2.45) is 0 Å². The summed E-state index contributed by atoms with van der Waals surface area (Å²) in [6.45, 7) is 4.39. The van der Waals surface area contributed by atoms with Crippen molar-refractivity contribution >= 4 is 22.4 Å². The second-order valence-electron chi connectivity index (χ2n) is 4.02. The number of hydrogen-bond acceptors (Lipinski definition) is 0. The predicted octanol–water partition coefficient (Wildman–Crippen LogP) is 4.75. The third kappa shape index (κ3) is 2.15. The Balaban J connectivity index is 2.60. The lowest BCUT2D eigenvalue weighted by Crippen LogP contribution is -1.88. The highest BCUT2D eigenvalue weighted by Gasteiger charge is 2.01. The number of fused-ring (bicyclic) bond motifs is 1. The molecule has 0 bridgehead atoms. The lowest BCUT2D eigenvalue weighted by molar-refractivity contribution is 0.915. The van der Waals surface area contributed by atoms with Gasteiger partial charge in [0.1, 0.15) is 0 Å². The molecule has 0 radical (unpaired) electrons. The van der Waals surface area contributed by atoms with E-state index in [1.54, 1.807) is 0 Å². The van der Waals surface area contributed by atoms with E-state index in [0.29, 0.717) is 0 Å². The number of halogens is 1. The summed E-state index contributed by atoms with van der Waals surface area (Å²) in [5.41, 5.74) is 2.82. The van der Waals surface area contributed by atoms with Crippen LogP contribution in [0, 0.1) is 6.92 Å². The van der Waals surface area contributed by atoms with Crippen LogP contribution >= 0.6 is 11.6 Å². The summed E-state index contributed by atoms with van der Waals surface area (Å²) in [5, 5.41) is 3.33. The largest absolute Gasteiger partial charge is 0.0843 e. The molecule has 0 spiro atoms. The molecular weight excluding hydrogens is 204 g/mol. The first-order chi connectivity index (χ1) is 7.20. The summed E-state index contributed by atoms with van der Waals surface area (Å²) < 4.78 is 0. The molecule has 0 heterocycles. The summed E-state index contributed by atoms with van der Waals surface area (Å²) in [6.07, 6.45) is 2.35. The third-order valence-electron chi connectivity index (χ3n) is 2.78. The molecule has 0 unspecified atom stereocenters. The average molecular weight is 219 g/mol. The second kappa shape index (κ2) is 4.24. The van der Waals surface area contributed by atoms with Gasteiger partial charge < -0.3 is 0 Å². The minimum Gasteiger partial charge on any atom is -0.0843 e. The maximum atomic E-state index is 5.97. The van der Waals surface area contributed by atoms with E-state index in [-0.39, 0.29) is 0 Å². The maximum absolute atomic E-state index is 5.97. The Bertz CT molecular complexity index is 486. The van der Waals surface area contributed by atoms with Crippen LogP contribution in [0.2, 0.25) is 5.02 Å². The molecule has 0 amide bonds. The van der Waals surface area contributed by atoms with E-state index in [2.05, 4.69) is 32.0 Å².